The van der Waals surface area contributed by atoms with E-state index in [-0.39, 0.29) is 14.0 Å². The maximum Gasteiger partial charge on any atom is 0.208 e. The molecule has 0 radical (unpaired) electrons. The Kier molecular flexibility index (Phi) is 12.2. The van der Waals surface area contributed by atoms with Gasteiger partial charge in [0.25, 0.3) is 0 Å². The number of benzene rings is 4. The van der Waals surface area contributed by atoms with Crippen molar-refractivity contribution in [3.63, 3.8) is 0 Å². The van der Waals surface area contributed by atoms with Gasteiger partial charge in [-0.15, -0.1) is 0 Å². The fourth-order valence-corrected chi connectivity index (χ4v) is 6.00. The van der Waals surface area contributed by atoms with Crippen LogP contribution in [0.2, 0.25) is 0 Å². The summed E-state index contributed by atoms with van der Waals surface area (Å²) in [5, 5.41) is 15.8. The monoisotopic (exact) mass is 862 g/mol. The van der Waals surface area contributed by atoms with Crippen molar-refractivity contribution in [2.45, 2.75) is 14.0 Å². The molecule has 8 rings (SSSR count). The lowest BCUT2D eigenvalue weighted by atomic mass is 10.3. The minimum absolute atomic E-state index is 0. The van der Waals surface area contributed by atoms with E-state index in [9.17, 15) is 9.90 Å². The number of pyridine rings is 2. The number of aromatic nitrogens is 6. The van der Waals surface area contributed by atoms with E-state index in [0.717, 1.165) is 54.3 Å². The third kappa shape index (κ3) is 9.35. The SMILES string of the molecule is C.Cn1c(Nc2ccc(Br)cc2)nc2cc(Oc3ccnc(C=O)c3)ccc21.Cn1c(Nc2ccc(Br)cc2)nc2cc(Oc3ccnc(CO)c3)ccc21. The van der Waals surface area contributed by atoms with E-state index >= 15 is 0 Å². The van der Waals surface area contributed by atoms with Crippen LogP contribution in [0, 0.1) is 0 Å². The van der Waals surface area contributed by atoms with Crippen molar-refractivity contribution in [2.75, 3.05) is 10.6 Å². The van der Waals surface area contributed by atoms with Crippen LogP contribution in [0.1, 0.15) is 23.6 Å². The van der Waals surface area contributed by atoms with Gasteiger partial charge in [0.1, 0.15) is 28.7 Å². The molecular weight excluding hydrogens is 828 g/mol. The molecular formula is C41H36Br2N8O4. The number of nitrogens with zero attached hydrogens (tertiary/aromatic N) is 6. The van der Waals surface area contributed by atoms with E-state index in [4.69, 9.17) is 9.47 Å². The van der Waals surface area contributed by atoms with Gasteiger partial charge >= 0.3 is 0 Å². The summed E-state index contributed by atoms with van der Waals surface area (Å²) in [5.74, 6) is 3.96. The van der Waals surface area contributed by atoms with Crippen molar-refractivity contribution in [1.29, 1.82) is 0 Å². The van der Waals surface area contributed by atoms with Gasteiger partial charge in [-0.1, -0.05) is 39.3 Å². The number of ether oxygens (including phenoxy) is 2. The molecule has 0 atom stereocenters. The first kappa shape index (κ1) is 38.6. The van der Waals surface area contributed by atoms with Crippen LogP contribution in [0.15, 0.2) is 131 Å². The van der Waals surface area contributed by atoms with Gasteiger partial charge < -0.3 is 34.3 Å². The molecule has 0 aliphatic rings. The van der Waals surface area contributed by atoms with Crippen LogP contribution < -0.4 is 20.1 Å². The Morgan fingerprint density at radius 3 is 1.56 bits per heavy atom. The van der Waals surface area contributed by atoms with Crippen molar-refractivity contribution in [3.05, 3.63) is 142 Å². The summed E-state index contributed by atoms with van der Waals surface area (Å²) in [6, 6.07) is 34.0. The molecule has 0 bridgehead atoms. The molecule has 0 unspecified atom stereocenters. The summed E-state index contributed by atoms with van der Waals surface area (Å²) in [5.41, 5.74) is 6.40. The summed E-state index contributed by atoms with van der Waals surface area (Å²) in [7, 11) is 3.92. The van der Waals surface area contributed by atoms with E-state index in [2.05, 4.69) is 62.4 Å². The zero-order valence-corrected chi connectivity index (χ0v) is 32.1. The number of imidazole rings is 2. The Morgan fingerprint density at radius 1 is 0.636 bits per heavy atom. The summed E-state index contributed by atoms with van der Waals surface area (Å²) in [6.45, 7) is -0.123. The number of aliphatic hydroxyl groups excluding tert-OH is 1. The molecule has 0 aliphatic carbocycles. The minimum atomic E-state index is -0.123. The van der Waals surface area contributed by atoms with E-state index in [0.29, 0.717) is 40.7 Å². The van der Waals surface area contributed by atoms with Gasteiger partial charge in [-0.25, -0.2) is 9.97 Å². The first-order chi connectivity index (χ1) is 26.2. The number of aldehydes is 1. The first-order valence-corrected chi connectivity index (χ1v) is 18.1. The molecule has 14 heteroatoms. The summed E-state index contributed by atoms with van der Waals surface area (Å²) >= 11 is 6.87. The highest BCUT2D eigenvalue weighted by molar-refractivity contribution is 9.10. The second-order valence-electron chi connectivity index (χ2n) is 11.9. The van der Waals surface area contributed by atoms with Gasteiger partial charge in [0.2, 0.25) is 11.9 Å². The average Bonchev–Trinajstić information content (AvgIpc) is 3.67. The Balaban J connectivity index is 0.000000184. The molecule has 0 saturated carbocycles. The molecule has 3 N–H and O–H groups in total. The van der Waals surface area contributed by atoms with Crippen LogP contribution in [-0.2, 0) is 20.7 Å². The van der Waals surface area contributed by atoms with E-state index < -0.39 is 0 Å². The number of fused-ring (bicyclic) bond motifs is 2. The van der Waals surface area contributed by atoms with Crippen LogP contribution in [0.4, 0.5) is 23.3 Å². The number of carbonyl (C=O) groups excluding carboxylic acids is 1. The number of halogens is 2. The van der Waals surface area contributed by atoms with Crippen LogP contribution in [-0.4, -0.2) is 40.5 Å². The highest BCUT2D eigenvalue weighted by Crippen LogP contribution is 2.30. The topological polar surface area (TPSA) is 141 Å². The lowest BCUT2D eigenvalue weighted by molar-refractivity contribution is 0.111. The smallest absolute Gasteiger partial charge is 0.208 e. The Labute approximate surface area is 334 Å². The Morgan fingerprint density at radius 2 is 1.09 bits per heavy atom. The Bertz CT molecular complexity index is 2570. The number of hydrogen-bond acceptors (Lipinski definition) is 10. The van der Waals surface area contributed by atoms with Crippen molar-refractivity contribution in [1.82, 2.24) is 29.1 Å². The zero-order valence-electron chi connectivity index (χ0n) is 28.9. The number of aliphatic hydroxyl groups is 1. The van der Waals surface area contributed by atoms with Crippen LogP contribution in [0.25, 0.3) is 22.1 Å². The van der Waals surface area contributed by atoms with Crippen LogP contribution in [0.5, 0.6) is 23.0 Å². The van der Waals surface area contributed by atoms with Crippen molar-refractivity contribution < 1.29 is 19.4 Å². The largest absolute Gasteiger partial charge is 0.457 e. The number of anilines is 4. The highest BCUT2D eigenvalue weighted by atomic mass is 79.9. The summed E-state index contributed by atoms with van der Waals surface area (Å²) in [6.07, 6.45) is 3.84. The number of aryl methyl sites for hydroxylation is 2. The van der Waals surface area contributed by atoms with Gasteiger partial charge in [-0.2, -0.15) is 0 Å². The van der Waals surface area contributed by atoms with Gasteiger partial charge in [0.15, 0.2) is 6.29 Å². The number of carbonyl (C=O) groups is 1. The van der Waals surface area contributed by atoms with Gasteiger partial charge in [-0.3, -0.25) is 14.8 Å². The van der Waals surface area contributed by atoms with Crippen molar-refractivity contribution >= 4 is 83.5 Å². The highest BCUT2D eigenvalue weighted by Gasteiger charge is 2.12. The standard InChI is InChI=1S/C20H17BrN4O2.C20H15BrN4O2.CH4/c2*1-25-19-7-6-16(27-17-8-9-22-15(10-17)12-26)11-18(19)24-20(25)23-14-4-2-13(21)3-5-14;/h2-11,26H,12H2,1H3,(H,23,24);2-12H,1H3,(H,23,24);1H4. The molecule has 278 valence electrons. The molecule has 4 aromatic carbocycles. The third-order valence-electron chi connectivity index (χ3n) is 8.20. The second kappa shape index (κ2) is 17.4. The molecule has 4 heterocycles. The number of rotatable bonds is 10. The Hall–Kier alpha value is -6.09. The van der Waals surface area contributed by atoms with E-state index in [1.807, 2.05) is 108 Å². The molecule has 0 aliphatic heterocycles. The summed E-state index contributed by atoms with van der Waals surface area (Å²) in [4.78, 5) is 28.2. The lowest BCUT2D eigenvalue weighted by Crippen LogP contribution is -1.98. The van der Waals surface area contributed by atoms with Gasteiger partial charge in [-0.05, 0) is 84.9 Å². The second-order valence-corrected chi connectivity index (χ2v) is 13.8. The zero-order chi connectivity index (χ0) is 37.6. The molecule has 4 aromatic heterocycles. The number of nitrogens with one attached hydrogen (secondary N) is 2. The molecule has 8 aromatic rings. The fourth-order valence-electron chi connectivity index (χ4n) is 5.47. The fraction of sp³-hybridized carbons (Fsp3) is 0.0976. The molecule has 55 heavy (non-hydrogen) atoms. The van der Waals surface area contributed by atoms with Crippen molar-refractivity contribution in [3.8, 4) is 23.0 Å². The van der Waals surface area contributed by atoms with Crippen molar-refractivity contribution in [2.24, 2.45) is 14.1 Å². The molecule has 0 spiro atoms. The minimum Gasteiger partial charge on any atom is -0.457 e. The predicted octanol–water partition coefficient (Wildman–Crippen LogP) is 10.5. The van der Waals surface area contributed by atoms with E-state index in [1.165, 1.54) is 0 Å². The first-order valence-electron chi connectivity index (χ1n) is 16.6. The lowest BCUT2D eigenvalue weighted by Gasteiger charge is -2.07. The molecule has 0 saturated heterocycles. The normalized spacial score (nSPS) is 10.6. The maximum absolute atomic E-state index is 10.9. The van der Waals surface area contributed by atoms with Gasteiger partial charge in [0.05, 0.1) is 34.4 Å². The average molecular weight is 865 g/mol. The molecule has 0 fully saturated rings. The van der Waals surface area contributed by atoms with E-state index in [1.54, 1.807) is 36.7 Å². The molecule has 0 amide bonds. The molecule has 12 nitrogen and oxygen atoms in total. The van der Waals surface area contributed by atoms with Crippen LogP contribution in [0.3, 0.4) is 0 Å². The predicted molar refractivity (Wildman–Crippen MR) is 223 cm³/mol. The third-order valence-corrected chi connectivity index (χ3v) is 9.26. The van der Waals surface area contributed by atoms with Gasteiger partial charge in [0, 0.05) is 71.1 Å². The van der Waals surface area contributed by atoms with Crippen LogP contribution >= 0.6 is 31.9 Å². The quantitative estimate of drug-likeness (QED) is 0.114. The number of hydrogen-bond donors (Lipinski definition) is 3. The summed E-state index contributed by atoms with van der Waals surface area (Å²) < 4.78 is 17.8. The maximum atomic E-state index is 10.9.